The maximum Gasteiger partial charge on any atom is 0.257 e. The third-order valence-corrected chi connectivity index (χ3v) is 4.78. The van der Waals surface area contributed by atoms with Gasteiger partial charge in [-0.15, -0.1) is 10.2 Å². The van der Waals surface area contributed by atoms with Gasteiger partial charge in [-0.25, -0.2) is 4.98 Å². The van der Waals surface area contributed by atoms with Gasteiger partial charge in [0.2, 0.25) is 11.8 Å². The minimum absolute atomic E-state index is 0.476. The lowest BCUT2D eigenvalue weighted by atomic mass is 10.2. The standard InChI is InChI=1S/C16H9BrClN3O2S/c17-10-3-1-9(2-4-10)15-21-20-14(23-15)8-24-16-19-12-7-11(18)5-6-13(12)22-16/h1-7H,8H2. The third kappa shape index (κ3) is 3.33. The molecule has 0 aliphatic rings. The molecule has 5 nitrogen and oxygen atoms in total. The van der Waals surface area contributed by atoms with Crippen molar-refractivity contribution >= 4 is 50.4 Å². The summed E-state index contributed by atoms with van der Waals surface area (Å²) in [5.74, 6) is 1.48. The Morgan fingerprint density at radius 3 is 2.71 bits per heavy atom. The quantitative estimate of drug-likeness (QED) is 0.400. The molecule has 0 saturated heterocycles. The molecule has 0 unspecified atom stereocenters. The highest BCUT2D eigenvalue weighted by Crippen LogP contribution is 2.28. The topological polar surface area (TPSA) is 65.0 Å². The number of rotatable bonds is 4. The van der Waals surface area contributed by atoms with Gasteiger partial charge in [-0.2, -0.15) is 0 Å². The summed E-state index contributed by atoms with van der Waals surface area (Å²) in [5.41, 5.74) is 2.30. The first-order valence-corrected chi connectivity index (χ1v) is 9.10. The van der Waals surface area contributed by atoms with Gasteiger partial charge in [0, 0.05) is 15.1 Å². The van der Waals surface area contributed by atoms with E-state index in [0.717, 1.165) is 15.6 Å². The second-order valence-corrected chi connectivity index (χ2v) is 7.17. The van der Waals surface area contributed by atoms with Gasteiger partial charge in [0.05, 0.1) is 5.75 Å². The summed E-state index contributed by atoms with van der Waals surface area (Å²) in [7, 11) is 0. The molecule has 0 atom stereocenters. The predicted molar refractivity (Wildman–Crippen MR) is 96.0 cm³/mol. The van der Waals surface area contributed by atoms with Crippen LogP contribution in [0.5, 0.6) is 0 Å². The molecule has 0 saturated carbocycles. The summed E-state index contributed by atoms with van der Waals surface area (Å²) < 4.78 is 12.3. The van der Waals surface area contributed by atoms with Crippen LogP contribution in [-0.2, 0) is 5.75 Å². The van der Waals surface area contributed by atoms with Crippen LogP contribution in [0.2, 0.25) is 5.02 Å². The van der Waals surface area contributed by atoms with Crippen LogP contribution in [0, 0.1) is 0 Å². The fourth-order valence-electron chi connectivity index (χ4n) is 2.09. The van der Waals surface area contributed by atoms with Crippen LogP contribution in [0.25, 0.3) is 22.6 Å². The van der Waals surface area contributed by atoms with Gasteiger partial charge in [-0.1, -0.05) is 39.3 Å². The van der Waals surface area contributed by atoms with Crippen LogP contribution in [0.15, 0.2) is 61.0 Å². The van der Waals surface area contributed by atoms with E-state index >= 15 is 0 Å². The Morgan fingerprint density at radius 1 is 1.04 bits per heavy atom. The van der Waals surface area contributed by atoms with Gasteiger partial charge < -0.3 is 8.83 Å². The summed E-state index contributed by atoms with van der Waals surface area (Å²) >= 11 is 10.7. The van der Waals surface area contributed by atoms with Crippen molar-refractivity contribution in [3.8, 4) is 11.5 Å². The highest BCUT2D eigenvalue weighted by atomic mass is 79.9. The van der Waals surface area contributed by atoms with Gasteiger partial charge in [0.15, 0.2) is 5.58 Å². The van der Waals surface area contributed by atoms with Crippen molar-refractivity contribution in [1.29, 1.82) is 0 Å². The minimum atomic E-state index is 0.476. The molecule has 2 heterocycles. The molecule has 8 heteroatoms. The van der Waals surface area contributed by atoms with Crippen molar-refractivity contribution in [2.75, 3.05) is 0 Å². The highest BCUT2D eigenvalue weighted by Gasteiger charge is 2.12. The molecule has 0 aliphatic heterocycles. The van der Waals surface area contributed by atoms with E-state index in [0.29, 0.717) is 33.4 Å². The molecule has 0 radical (unpaired) electrons. The molecule has 4 rings (SSSR count). The van der Waals surface area contributed by atoms with Crippen LogP contribution in [0.1, 0.15) is 5.89 Å². The maximum atomic E-state index is 5.95. The number of fused-ring (bicyclic) bond motifs is 1. The van der Waals surface area contributed by atoms with E-state index in [-0.39, 0.29) is 0 Å². The smallest absolute Gasteiger partial charge is 0.257 e. The van der Waals surface area contributed by atoms with Gasteiger partial charge >= 0.3 is 0 Å². The number of hydrogen-bond acceptors (Lipinski definition) is 6. The average molecular weight is 423 g/mol. The number of thioether (sulfide) groups is 1. The van der Waals surface area contributed by atoms with Crippen molar-refractivity contribution in [2.45, 2.75) is 11.0 Å². The normalized spacial score (nSPS) is 11.2. The first kappa shape index (κ1) is 15.7. The molecule has 2 aromatic heterocycles. The fourth-order valence-corrected chi connectivity index (χ4v) is 3.19. The summed E-state index contributed by atoms with van der Waals surface area (Å²) in [6, 6.07) is 13.0. The molecule has 4 aromatic rings. The molecule has 0 fully saturated rings. The average Bonchev–Trinajstić information content (AvgIpc) is 3.19. The molecular formula is C16H9BrClN3O2S. The molecule has 120 valence electrons. The molecule has 0 spiro atoms. The fraction of sp³-hybridized carbons (Fsp3) is 0.0625. The number of halogens is 2. The van der Waals surface area contributed by atoms with E-state index < -0.39 is 0 Å². The van der Waals surface area contributed by atoms with Gasteiger partial charge in [0.25, 0.3) is 5.22 Å². The largest absolute Gasteiger partial charge is 0.431 e. The van der Waals surface area contributed by atoms with Crippen molar-refractivity contribution in [3.05, 3.63) is 57.9 Å². The molecule has 0 bridgehead atoms. The number of benzene rings is 2. The van der Waals surface area contributed by atoms with Crippen LogP contribution < -0.4 is 0 Å². The zero-order valence-corrected chi connectivity index (χ0v) is 15.2. The Labute approximate surface area is 154 Å². The van der Waals surface area contributed by atoms with Crippen LogP contribution in [-0.4, -0.2) is 15.2 Å². The van der Waals surface area contributed by atoms with E-state index in [2.05, 4.69) is 31.1 Å². The Kier molecular flexibility index (Phi) is 4.30. The molecule has 0 aliphatic carbocycles. The van der Waals surface area contributed by atoms with Crippen molar-refractivity contribution in [2.24, 2.45) is 0 Å². The Balaban J connectivity index is 1.48. The Bertz CT molecular complexity index is 1000. The first-order chi connectivity index (χ1) is 11.7. The molecule has 0 amide bonds. The van der Waals surface area contributed by atoms with Crippen LogP contribution in [0.3, 0.4) is 0 Å². The SMILES string of the molecule is Clc1ccc2oc(SCc3nnc(-c4ccc(Br)cc4)o3)nc2c1. The van der Waals surface area contributed by atoms with Crippen LogP contribution >= 0.6 is 39.3 Å². The summed E-state index contributed by atoms with van der Waals surface area (Å²) in [6.07, 6.45) is 0. The second kappa shape index (κ2) is 6.58. The number of aromatic nitrogens is 3. The highest BCUT2D eigenvalue weighted by molar-refractivity contribution is 9.10. The van der Waals surface area contributed by atoms with E-state index in [1.807, 2.05) is 24.3 Å². The zero-order chi connectivity index (χ0) is 16.5. The van der Waals surface area contributed by atoms with Crippen molar-refractivity contribution in [1.82, 2.24) is 15.2 Å². The molecule has 24 heavy (non-hydrogen) atoms. The van der Waals surface area contributed by atoms with Crippen LogP contribution in [0.4, 0.5) is 0 Å². The third-order valence-electron chi connectivity index (χ3n) is 3.21. The minimum Gasteiger partial charge on any atom is -0.431 e. The monoisotopic (exact) mass is 421 g/mol. The van der Waals surface area contributed by atoms with E-state index in [1.165, 1.54) is 11.8 Å². The summed E-state index contributed by atoms with van der Waals surface area (Å²) in [6.45, 7) is 0. The van der Waals surface area contributed by atoms with Gasteiger partial charge in [0.1, 0.15) is 5.52 Å². The lowest BCUT2D eigenvalue weighted by molar-refractivity contribution is 0.486. The Morgan fingerprint density at radius 2 is 1.88 bits per heavy atom. The lowest BCUT2D eigenvalue weighted by Gasteiger charge is -1.94. The first-order valence-electron chi connectivity index (χ1n) is 6.94. The molecule has 2 aromatic carbocycles. The molecule has 0 N–H and O–H groups in total. The second-order valence-electron chi connectivity index (χ2n) is 4.89. The van der Waals surface area contributed by atoms with E-state index in [1.54, 1.807) is 18.2 Å². The summed E-state index contributed by atoms with van der Waals surface area (Å²) in [4.78, 5) is 4.38. The molecular weight excluding hydrogens is 414 g/mol. The Hall–Kier alpha value is -1.83. The van der Waals surface area contributed by atoms with Crippen molar-refractivity contribution in [3.63, 3.8) is 0 Å². The number of nitrogens with zero attached hydrogens (tertiary/aromatic N) is 3. The van der Waals surface area contributed by atoms with Gasteiger partial charge in [-0.05, 0) is 42.5 Å². The van der Waals surface area contributed by atoms with Crippen molar-refractivity contribution < 1.29 is 8.83 Å². The maximum absolute atomic E-state index is 5.95. The van der Waals surface area contributed by atoms with E-state index in [9.17, 15) is 0 Å². The number of oxazole rings is 1. The number of hydrogen-bond donors (Lipinski definition) is 0. The van der Waals surface area contributed by atoms with E-state index in [4.69, 9.17) is 20.4 Å². The predicted octanol–water partition coefficient (Wildman–Crippen LogP) is 5.59. The zero-order valence-electron chi connectivity index (χ0n) is 12.1. The van der Waals surface area contributed by atoms with Gasteiger partial charge in [-0.3, -0.25) is 0 Å². The lowest BCUT2D eigenvalue weighted by Crippen LogP contribution is -1.80. The summed E-state index contributed by atoms with van der Waals surface area (Å²) in [5, 5.41) is 9.29.